The number of rotatable bonds is 6. The summed E-state index contributed by atoms with van der Waals surface area (Å²) in [6.45, 7) is 10.4. The minimum Gasteiger partial charge on any atom is -0.450 e. The van der Waals surface area contributed by atoms with E-state index in [0.29, 0.717) is 45.2 Å². The molecule has 0 unspecified atom stereocenters. The number of nitrogens with zero attached hydrogens (tertiary/aromatic N) is 3. The van der Waals surface area contributed by atoms with Crippen molar-refractivity contribution in [2.24, 2.45) is 5.92 Å². The van der Waals surface area contributed by atoms with Crippen molar-refractivity contribution in [3.05, 3.63) is 0 Å². The molecule has 7 nitrogen and oxygen atoms in total. The molecule has 1 aliphatic heterocycles. The molecule has 132 valence electrons. The van der Waals surface area contributed by atoms with E-state index in [2.05, 4.69) is 13.8 Å². The van der Waals surface area contributed by atoms with Crippen molar-refractivity contribution < 1.29 is 19.1 Å². The van der Waals surface area contributed by atoms with Gasteiger partial charge in [0.25, 0.3) is 0 Å². The van der Waals surface area contributed by atoms with Crippen LogP contribution in [0.3, 0.4) is 0 Å². The lowest BCUT2D eigenvalue weighted by Crippen LogP contribution is -2.53. The number of hydrogen-bond donors (Lipinski definition) is 0. The van der Waals surface area contributed by atoms with Gasteiger partial charge in [-0.05, 0) is 19.3 Å². The molecule has 7 heteroatoms. The number of ether oxygens (including phenoxy) is 1. The number of carbonyl (C=O) groups is 3. The number of piperazine rings is 1. The highest BCUT2D eigenvalue weighted by Gasteiger charge is 2.26. The third-order valence-corrected chi connectivity index (χ3v) is 3.91. The first-order chi connectivity index (χ1) is 10.8. The zero-order valence-electron chi connectivity index (χ0n) is 14.7. The van der Waals surface area contributed by atoms with Gasteiger partial charge in [-0.2, -0.15) is 0 Å². The molecule has 0 saturated carbocycles. The Hall–Kier alpha value is -1.79. The van der Waals surface area contributed by atoms with Gasteiger partial charge in [0.1, 0.15) is 0 Å². The molecule has 0 N–H and O–H groups in total. The molecule has 0 radical (unpaired) electrons. The summed E-state index contributed by atoms with van der Waals surface area (Å²) in [5.74, 6) is 0.344. The van der Waals surface area contributed by atoms with Crippen LogP contribution in [0.1, 0.15) is 34.1 Å². The predicted molar refractivity (Wildman–Crippen MR) is 86.9 cm³/mol. The highest BCUT2D eigenvalue weighted by Crippen LogP contribution is 2.07. The number of hydrogen-bond acceptors (Lipinski definition) is 4. The maximum absolute atomic E-state index is 12.4. The second-order valence-electron chi connectivity index (χ2n) is 6.19. The van der Waals surface area contributed by atoms with Crippen molar-refractivity contribution >= 4 is 17.9 Å². The van der Waals surface area contributed by atoms with E-state index in [1.807, 2.05) is 0 Å². The van der Waals surface area contributed by atoms with Crippen LogP contribution < -0.4 is 0 Å². The molecular weight excluding hydrogens is 298 g/mol. The van der Waals surface area contributed by atoms with E-state index in [-0.39, 0.29) is 24.5 Å². The van der Waals surface area contributed by atoms with E-state index in [4.69, 9.17) is 4.74 Å². The molecule has 0 aromatic rings. The Bertz CT molecular complexity index is 418. The molecule has 1 rings (SSSR count). The van der Waals surface area contributed by atoms with Gasteiger partial charge < -0.3 is 19.4 Å². The Morgan fingerprint density at radius 2 is 1.65 bits per heavy atom. The van der Waals surface area contributed by atoms with Gasteiger partial charge in [0.2, 0.25) is 11.8 Å². The summed E-state index contributed by atoms with van der Waals surface area (Å²) in [4.78, 5) is 40.6. The van der Waals surface area contributed by atoms with Crippen LogP contribution in [0, 0.1) is 5.92 Å². The normalized spacial score (nSPS) is 14.8. The van der Waals surface area contributed by atoms with Crippen molar-refractivity contribution in [1.29, 1.82) is 0 Å². The molecule has 3 amide bonds. The second kappa shape index (κ2) is 9.37. The largest absolute Gasteiger partial charge is 0.450 e. The third kappa shape index (κ3) is 6.46. The standard InChI is InChI=1S/C16H29N3O4/c1-5-23-16(22)18-10-8-17(9-11-18)15(21)12-19(14(4)20)7-6-13(2)3/h13H,5-12H2,1-4H3. The van der Waals surface area contributed by atoms with Gasteiger partial charge in [0, 0.05) is 39.6 Å². The van der Waals surface area contributed by atoms with E-state index in [1.165, 1.54) is 6.92 Å². The van der Waals surface area contributed by atoms with Crippen LogP contribution in [-0.2, 0) is 14.3 Å². The highest BCUT2D eigenvalue weighted by molar-refractivity contribution is 5.84. The zero-order valence-corrected chi connectivity index (χ0v) is 14.7. The Kier molecular flexibility index (Phi) is 7.85. The fourth-order valence-electron chi connectivity index (χ4n) is 2.38. The average Bonchev–Trinajstić information content (AvgIpc) is 2.51. The maximum atomic E-state index is 12.4. The minimum atomic E-state index is -0.332. The summed E-state index contributed by atoms with van der Waals surface area (Å²) in [7, 11) is 0. The van der Waals surface area contributed by atoms with Gasteiger partial charge in [-0.15, -0.1) is 0 Å². The Morgan fingerprint density at radius 1 is 1.09 bits per heavy atom. The van der Waals surface area contributed by atoms with E-state index in [9.17, 15) is 14.4 Å². The smallest absolute Gasteiger partial charge is 0.409 e. The summed E-state index contributed by atoms with van der Waals surface area (Å²) in [5, 5.41) is 0. The van der Waals surface area contributed by atoms with E-state index in [1.54, 1.807) is 21.6 Å². The Balaban J connectivity index is 2.45. The first-order valence-corrected chi connectivity index (χ1v) is 8.30. The SMILES string of the molecule is CCOC(=O)N1CCN(C(=O)CN(CCC(C)C)C(C)=O)CC1. The first-order valence-electron chi connectivity index (χ1n) is 8.30. The number of carbonyl (C=O) groups excluding carboxylic acids is 3. The van der Waals surface area contributed by atoms with Crippen LogP contribution in [-0.4, -0.2) is 78.5 Å². The predicted octanol–water partition coefficient (Wildman–Crippen LogP) is 1.18. The summed E-state index contributed by atoms with van der Waals surface area (Å²) in [5.41, 5.74) is 0. The monoisotopic (exact) mass is 327 g/mol. The van der Waals surface area contributed by atoms with Crippen molar-refractivity contribution in [2.45, 2.75) is 34.1 Å². The lowest BCUT2D eigenvalue weighted by atomic mass is 10.1. The molecule has 0 spiro atoms. The van der Waals surface area contributed by atoms with Crippen molar-refractivity contribution in [3.8, 4) is 0 Å². The van der Waals surface area contributed by atoms with Crippen molar-refractivity contribution in [3.63, 3.8) is 0 Å². The van der Waals surface area contributed by atoms with Gasteiger partial charge >= 0.3 is 6.09 Å². The first kappa shape index (κ1) is 19.3. The molecule has 0 atom stereocenters. The van der Waals surface area contributed by atoms with E-state index in [0.717, 1.165) is 6.42 Å². The van der Waals surface area contributed by atoms with Crippen LogP contribution in [0.4, 0.5) is 4.79 Å². The molecular formula is C16H29N3O4. The molecule has 0 bridgehead atoms. The summed E-state index contributed by atoms with van der Waals surface area (Å²) >= 11 is 0. The average molecular weight is 327 g/mol. The summed E-state index contributed by atoms with van der Waals surface area (Å²) in [6.07, 6.45) is 0.547. The lowest BCUT2D eigenvalue weighted by molar-refractivity contribution is -0.140. The van der Waals surface area contributed by atoms with E-state index < -0.39 is 0 Å². The number of amides is 3. The Labute approximate surface area is 138 Å². The van der Waals surface area contributed by atoms with Gasteiger partial charge in [-0.25, -0.2) is 4.79 Å². The molecule has 1 aliphatic rings. The van der Waals surface area contributed by atoms with Crippen molar-refractivity contribution in [1.82, 2.24) is 14.7 Å². The van der Waals surface area contributed by atoms with Gasteiger partial charge in [-0.1, -0.05) is 13.8 Å². The van der Waals surface area contributed by atoms with Crippen LogP contribution >= 0.6 is 0 Å². The minimum absolute atomic E-state index is 0.0625. The maximum Gasteiger partial charge on any atom is 0.409 e. The van der Waals surface area contributed by atoms with Gasteiger partial charge in [0.15, 0.2) is 0 Å². The second-order valence-corrected chi connectivity index (χ2v) is 6.19. The fraction of sp³-hybridized carbons (Fsp3) is 0.812. The molecule has 1 saturated heterocycles. The van der Waals surface area contributed by atoms with E-state index >= 15 is 0 Å². The van der Waals surface area contributed by atoms with Crippen LogP contribution in [0.15, 0.2) is 0 Å². The molecule has 0 aliphatic carbocycles. The lowest BCUT2D eigenvalue weighted by Gasteiger charge is -2.35. The molecule has 23 heavy (non-hydrogen) atoms. The molecule has 1 heterocycles. The highest BCUT2D eigenvalue weighted by atomic mass is 16.6. The fourth-order valence-corrected chi connectivity index (χ4v) is 2.38. The van der Waals surface area contributed by atoms with Crippen molar-refractivity contribution in [2.75, 3.05) is 45.9 Å². The topological polar surface area (TPSA) is 70.2 Å². The van der Waals surface area contributed by atoms with Crippen LogP contribution in [0.2, 0.25) is 0 Å². The zero-order chi connectivity index (χ0) is 17.4. The van der Waals surface area contributed by atoms with Gasteiger partial charge in [-0.3, -0.25) is 9.59 Å². The molecule has 1 fully saturated rings. The third-order valence-electron chi connectivity index (χ3n) is 3.91. The molecule has 0 aromatic heterocycles. The Morgan fingerprint density at radius 3 is 2.13 bits per heavy atom. The van der Waals surface area contributed by atoms with Gasteiger partial charge in [0.05, 0.1) is 13.2 Å². The summed E-state index contributed by atoms with van der Waals surface area (Å²) < 4.78 is 4.96. The van der Waals surface area contributed by atoms with Crippen LogP contribution in [0.5, 0.6) is 0 Å². The quantitative estimate of drug-likeness (QED) is 0.734. The van der Waals surface area contributed by atoms with Crippen LogP contribution in [0.25, 0.3) is 0 Å². The summed E-state index contributed by atoms with van der Waals surface area (Å²) in [6, 6.07) is 0. The molecule has 0 aromatic carbocycles.